The number of hydrogen-bond donors (Lipinski definition) is 2. The Kier molecular flexibility index (Phi) is 3.69. The van der Waals surface area contributed by atoms with E-state index in [0.29, 0.717) is 6.04 Å². The molecule has 0 unspecified atom stereocenters. The van der Waals surface area contributed by atoms with Gasteiger partial charge in [-0.3, -0.25) is 5.10 Å². The number of furan rings is 1. The lowest BCUT2D eigenvalue weighted by molar-refractivity contribution is 0.372. The number of nitrogens with zero attached hydrogens (tertiary/aromatic N) is 1. The van der Waals surface area contributed by atoms with Gasteiger partial charge in [0.2, 0.25) is 0 Å². The van der Waals surface area contributed by atoms with Crippen LogP contribution in [0.3, 0.4) is 0 Å². The molecule has 1 fully saturated rings. The molecule has 0 aliphatic heterocycles. The van der Waals surface area contributed by atoms with Crippen molar-refractivity contribution in [2.45, 2.75) is 51.6 Å². The molecule has 0 spiro atoms. The summed E-state index contributed by atoms with van der Waals surface area (Å²) in [6, 6.07) is 4.64. The molecule has 2 aromatic rings. The highest BCUT2D eigenvalue weighted by atomic mass is 16.3. The van der Waals surface area contributed by atoms with Gasteiger partial charge in [-0.05, 0) is 31.9 Å². The minimum atomic E-state index is 0.662. The number of aromatic amines is 1. The van der Waals surface area contributed by atoms with Crippen molar-refractivity contribution in [1.82, 2.24) is 15.5 Å². The first-order chi connectivity index (χ1) is 9.33. The van der Waals surface area contributed by atoms with E-state index in [9.17, 15) is 0 Å². The molecule has 0 saturated heterocycles. The molecule has 3 rings (SSSR count). The van der Waals surface area contributed by atoms with Crippen LogP contribution in [0, 0.1) is 6.92 Å². The van der Waals surface area contributed by atoms with E-state index in [-0.39, 0.29) is 0 Å². The van der Waals surface area contributed by atoms with Crippen molar-refractivity contribution in [2.75, 3.05) is 0 Å². The number of H-pyrrole nitrogens is 1. The van der Waals surface area contributed by atoms with Crippen LogP contribution in [0.4, 0.5) is 0 Å². The minimum absolute atomic E-state index is 0.662. The lowest BCUT2D eigenvalue weighted by atomic mass is 9.95. The Hall–Kier alpha value is -1.55. The van der Waals surface area contributed by atoms with Gasteiger partial charge in [-0.25, -0.2) is 0 Å². The predicted molar refractivity (Wildman–Crippen MR) is 74.7 cm³/mol. The first-order valence-corrected chi connectivity index (χ1v) is 7.15. The van der Waals surface area contributed by atoms with Crippen molar-refractivity contribution >= 4 is 0 Å². The molecule has 0 bridgehead atoms. The van der Waals surface area contributed by atoms with Gasteiger partial charge in [0.1, 0.15) is 11.5 Å². The Labute approximate surface area is 113 Å². The smallest absolute Gasteiger partial charge is 0.152 e. The molecule has 19 heavy (non-hydrogen) atoms. The third kappa shape index (κ3) is 2.89. The van der Waals surface area contributed by atoms with E-state index in [4.69, 9.17) is 4.42 Å². The molecule has 2 N–H and O–H groups in total. The van der Waals surface area contributed by atoms with Gasteiger partial charge in [0, 0.05) is 18.2 Å². The van der Waals surface area contributed by atoms with Crippen LogP contribution in [0.25, 0.3) is 11.5 Å². The molecule has 102 valence electrons. The van der Waals surface area contributed by atoms with Gasteiger partial charge in [-0.15, -0.1) is 0 Å². The third-order valence-corrected chi connectivity index (χ3v) is 3.89. The van der Waals surface area contributed by atoms with Gasteiger partial charge in [-0.1, -0.05) is 19.3 Å². The molecule has 2 aromatic heterocycles. The fourth-order valence-electron chi connectivity index (χ4n) is 2.79. The normalized spacial score (nSPS) is 16.9. The summed E-state index contributed by atoms with van der Waals surface area (Å²) in [5.41, 5.74) is 2.18. The first kappa shape index (κ1) is 12.5. The fraction of sp³-hybridized carbons (Fsp3) is 0.533. The van der Waals surface area contributed by atoms with Crippen molar-refractivity contribution in [3.8, 4) is 11.5 Å². The Morgan fingerprint density at radius 1 is 1.32 bits per heavy atom. The number of nitrogens with one attached hydrogen (secondary N) is 2. The van der Waals surface area contributed by atoms with Gasteiger partial charge in [0.15, 0.2) is 5.76 Å². The van der Waals surface area contributed by atoms with Crippen LogP contribution >= 0.6 is 0 Å². The van der Waals surface area contributed by atoms with E-state index in [2.05, 4.69) is 15.5 Å². The van der Waals surface area contributed by atoms with Gasteiger partial charge < -0.3 is 9.73 Å². The molecule has 0 radical (unpaired) electrons. The van der Waals surface area contributed by atoms with Crippen LogP contribution < -0.4 is 5.32 Å². The van der Waals surface area contributed by atoms with Gasteiger partial charge in [0.05, 0.1) is 6.20 Å². The summed E-state index contributed by atoms with van der Waals surface area (Å²) < 4.78 is 5.66. The Morgan fingerprint density at radius 3 is 2.89 bits per heavy atom. The van der Waals surface area contributed by atoms with E-state index < -0.39 is 0 Å². The van der Waals surface area contributed by atoms with Gasteiger partial charge in [0.25, 0.3) is 0 Å². The van der Waals surface area contributed by atoms with Crippen molar-refractivity contribution in [1.29, 1.82) is 0 Å². The molecule has 2 heterocycles. The van der Waals surface area contributed by atoms with E-state index in [1.165, 1.54) is 37.7 Å². The van der Waals surface area contributed by atoms with E-state index in [1.807, 2.05) is 25.3 Å². The van der Waals surface area contributed by atoms with Crippen LogP contribution in [0.2, 0.25) is 0 Å². The van der Waals surface area contributed by atoms with Gasteiger partial charge in [-0.2, -0.15) is 5.10 Å². The maximum absolute atomic E-state index is 5.66. The van der Waals surface area contributed by atoms with Gasteiger partial charge >= 0.3 is 0 Å². The highest BCUT2D eigenvalue weighted by Gasteiger charge is 2.15. The Balaban J connectivity index is 1.66. The topological polar surface area (TPSA) is 53.9 Å². The molecule has 1 aliphatic rings. The highest BCUT2D eigenvalue weighted by molar-refractivity contribution is 5.56. The van der Waals surface area contributed by atoms with E-state index >= 15 is 0 Å². The van der Waals surface area contributed by atoms with Crippen LogP contribution in [0.5, 0.6) is 0 Å². The molecule has 0 aromatic carbocycles. The summed E-state index contributed by atoms with van der Waals surface area (Å²) in [6.45, 7) is 2.82. The van der Waals surface area contributed by atoms with Crippen molar-refractivity contribution < 1.29 is 4.42 Å². The Bertz CT molecular complexity index is 523. The van der Waals surface area contributed by atoms with Crippen LogP contribution in [0.15, 0.2) is 22.7 Å². The van der Waals surface area contributed by atoms with Crippen LogP contribution in [0.1, 0.15) is 43.4 Å². The largest absolute Gasteiger partial charge is 0.460 e. The zero-order valence-electron chi connectivity index (χ0n) is 11.4. The number of rotatable bonds is 4. The lowest BCUT2D eigenvalue weighted by Crippen LogP contribution is -2.30. The molecule has 4 heteroatoms. The second-order valence-corrected chi connectivity index (χ2v) is 5.40. The summed E-state index contributed by atoms with van der Waals surface area (Å²) in [7, 11) is 0. The summed E-state index contributed by atoms with van der Waals surface area (Å²) in [5, 5.41) is 10.8. The van der Waals surface area contributed by atoms with Crippen molar-refractivity contribution in [3.63, 3.8) is 0 Å². The third-order valence-electron chi connectivity index (χ3n) is 3.89. The molecular weight excluding hydrogens is 238 g/mol. The standard InChI is InChI=1S/C15H21N3O/c1-11-7-8-14(19-11)15-12(10-17-18-15)9-16-13-5-3-2-4-6-13/h7-8,10,13,16H,2-6,9H2,1H3,(H,17,18). The monoisotopic (exact) mass is 259 g/mol. The zero-order valence-corrected chi connectivity index (χ0v) is 11.4. The number of aryl methyl sites for hydroxylation is 1. The van der Waals surface area contributed by atoms with Crippen molar-refractivity contribution in [3.05, 3.63) is 29.7 Å². The molecule has 1 saturated carbocycles. The average molecular weight is 259 g/mol. The highest BCUT2D eigenvalue weighted by Crippen LogP contribution is 2.24. The minimum Gasteiger partial charge on any atom is -0.460 e. The fourth-order valence-corrected chi connectivity index (χ4v) is 2.79. The second kappa shape index (κ2) is 5.61. The first-order valence-electron chi connectivity index (χ1n) is 7.15. The Morgan fingerprint density at radius 2 is 2.16 bits per heavy atom. The second-order valence-electron chi connectivity index (χ2n) is 5.40. The van der Waals surface area contributed by atoms with Crippen LogP contribution in [-0.2, 0) is 6.54 Å². The van der Waals surface area contributed by atoms with E-state index in [1.54, 1.807) is 0 Å². The quantitative estimate of drug-likeness (QED) is 0.884. The average Bonchev–Trinajstić information content (AvgIpc) is 3.06. The SMILES string of the molecule is Cc1ccc(-c2[nH]ncc2CNC2CCCCC2)o1. The molecular formula is C15H21N3O. The number of aromatic nitrogens is 2. The maximum atomic E-state index is 5.66. The van der Waals surface area contributed by atoms with Crippen LogP contribution in [-0.4, -0.2) is 16.2 Å². The molecule has 4 nitrogen and oxygen atoms in total. The zero-order chi connectivity index (χ0) is 13.1. The molecule has 1 aliphatic carbocycles. The number of hydrogen-bond acceptors (Lipinski definition) is 3. The predicted octanol–water partition coefficient (Wildman–Crippen LogP) is 3.40. The summed E-state index contributed by atoms with van der Waals surface area (Å²) >= 11 is 0. The molecule has 0 atom stereocenters. The van der Waals surface area contributed by atoms with E-state index in [0.717, 1.165) is 23.8 Å². The summed E-state index contributed by atoms with van der Waals surface area (Å²) in [5.74, 6) is 1.80. The lowest BCUT2D eigenvalue weighted by Gasteiger charge is -2.22. The maximum Gasteiger partial charge on any atom is 0.152 e. The molecule has 0 amide bonds. The van der Waals surface area contributed by atoms with Crippen molar-refractivity contribution in [2.24, 2.45) is 0 Å². The summed E-state index contributed by atoms with van der Waals surface area (Å²) in [4.78, 5) is 0. The summed E-state index contributed by atoms with van der Waals surface area (Å²) in [6.07, 6.45) is 8.59.